The van der Waals surface area contributed by atoms with Gasteiger partial charge in [0.05, 0.1) is 11.0 Å². The van der Waals surface area contributed by atoms with E-state index in [0.29, 0.717) is 0 Å². The molecule has 1 aromatic heterocycles. The van der Waals surface area contributed by atoms with Crippen LogP contribution in [0.2, 0.25) is 0 Å². The second-order valence-corrected chi connectivity index (χ2v) is 15.7. The van der Waals surface area contributed by atoms with E-state index in [0.717, 1.165) is 22.7 Å². The zero-order chi connectivity index (χ0) is 37.9. The van der Waals surface area contributed by atoms with Crippen molar-refractivity contribution < 1.29 is 0 Å². The van der Waals surface area contributed by atoms with Crippen molar-refractivity contribution in [3.63, 3.8) is 0 Å². The van der Waals surface area contributed by atoms with Crippen LogP contribution in [-0.4, -0.2) is 4.57 Å². The molecule has 0 N–H and O–H groups in total. The molecule has 0 aliphatic carbocycles. The monoisotopic (exact) mass is 734 g/mol. The van der Waals surface area contributed by atoms with E-state index in [9.17, 15) is 0 Å². The molecule has 0 fully saturated rings. The number of para-hydroxylation sites is 2. The third-order valence-corrected chi connectivity index (χ3v) is 12.6. The Morgan fingerprint density at radius 2 is 0.707 bits per heavy atom. The molecule has 0 spiro atoms. The Kier molecular flexibility index (Phi) is 6.47. The fourth-order valence-electron chi connectivity index (χ4n) is 10.1. The van der Waals surface area contributed by atoms with Crippen molar-refractivity contribution in [3.05, 3.63) is 206 Å². The molecule has 268 valence electrons. The van der Waals surface area contributed by atoms with Crippen molar-refractivity contribution in [1.82, 2.24) is 4.57 Å². The van der Waals surface area contributed by atoms with Crippen LogP contribution in [0.4, 0.5) is 17.1 Å². The maximum Gasteiger partial charge on any atom is 0.0541 e. The largest absolute Gasteiger partial charge is 0.310 e. The smallest absolute Gasteiger partial charge is 0.0541 e. The number of aromatic nitrogens is 1. The molecule has 13 rings (SSSR count). The third kappa shape index (κ3) is 4.43. The molecule has 0 unspecified atom stereocenters. The molecule has 13 aromatic rings. The topological polar surface area (TPSA) is 8.17 Å². The summed E-state index contributed by atoms with van der Waals surface area (Å²) in [5, 5.41) is 20.3. The molecule has 0 amide bonds. The van der Waals surface area contributed by atoms with Crippen molar-refractivity contribution >= 4 is 114 Å². The van der Waals surface area contributed by atoms with Crippen molar-refractivity contribution in [2.75, 3.05) is 4.90 Å². The Hall–Kier alpha value is -7.68. The lowest BCUT2D eigenvalue weighted by atomic mass is 9.87. The van der Waals surface area contributed by atoms with Gasteiger partial charge in [0, 0.05) is 33.5 Å². The maximum atomic E-state index is 2.46. The highest BCUT2D eigenvalue weighted by atomic mass is 15.1. The Bertz CT molecular complexity index is 3760. The van der Waals surface area contributed by atoms with E-state index in [2.05, 4.69) is 216 Å². The Balaban J connectivity index is 1.16. The lowest BCUT2D eigenvalue weighted by molar-refractivity contribution is 1.17. The highest BCUT2D eigenvalue weighted by molar-refractivity contribution is 6.37. The van der Waals surface area contributed by atoms with Crippen molar-refractivity contribution in [2.45, 2.75) is 0 Å². The second kappa shape index (κ2) is 11.9. The molecule has 0 aliphatic rings. The van der Waals surface area contributed by atoms with E-state index in [1.54, 1.807) is 0 Å². The summed E-state index contributed by atoms with van der Waals surface area (Å²) in [5.74, 6) is 0. The molecule has 1 heterocycles. The average molecular weight is 735 g/mol. The van der Waals surface area contributed by atoms with E-state index >= 15 is 0 Å². The fraction of sp³-hybridized carbons (Fsp3) is 0. The van der Waals surface area contributed by atoms with Crippen LogP contribution in [0.5, 0.6) is 0 Å². The zero-order valence-corrected chi connectivity index (χ0v) is 31.5. The number of hydrogen-bond acceptors (Lipinski definition) is 1. The number of fused-ring (bicyclic) bond motifs is 6. The summed E-state index contributed by atoms with van der Waals surface area (Å²) in [7, 11) is 0. The number of rotatable bonds is 4. The van der Waals surface area contributed by atoms with Crippen LogP contribution in [0, 0.1) is 0 Å². The molecule has 0 atom stereocenters. The van der Waals surface area contributed by atoms with Gasteiger partial charge < -0.3 is 9.47 Å². The normalized spacial score (nSPS) is 12.1. The molecule has 2 nitrogen and oxygen atoms in total. The average Bonchev–Trinajstić information content (AvgIpc) is 3.62. The van der Waals surface area contributed by atoms with E-state index in [1.807, 2.05) is 0 Å². The van der Waals surface area contributed by atoms with Gasteiger partial charge in [0.2, 0.25) is 0 Å². The summed E-state index contributed by atoms with van der Waals surface area (Å²) in [6.07, 6.45) is 0. The quantitative estimate of drug-likeness (QED) is 0.163. The minimum absolute atomic E-state index is 1.10. The van der Waals surface area contributed by atoms with Crippen molar-refractivity contribution in [2.24, 2.45) is 0 Å². The standard InChI is InChI=1S/C56H34N2/c1-2-12-39-31-43(30-29-35(39)11-1)57(41-16-10-17-42(33-41)58-51-23-5-3-18-45(51)46-19-4-6-24-52(46)58)44-32-40-28-27-38-14-8-21-48-47-20-7-13-36-25-26-37-15-9-22-49(55(37)53(36)47)50(34-44)56(40)54(38)48/h1-34H. The predicted molar refractivity (Wildman–Crippen MR) is 249 cm³/mol. The van der Waals surface area contributed by atoms with E-state index in [4.69, 9.17) is 0 Å². The molecule has 0 saturated carbocycles. The molecule has 12 aromatic carbocycles. The summed E-state index contributed by atoms with van der Waals surface area (Å²) in [6, 6.07) is 76.6. The van der Waals surface area contributed by atoms with Crippen LogP contribution in [0.1, 0.15) is 0 Å². The summed E-state index contributed by atoms with van der Waals surface area (Å²) >= 11 is 0. The minimum atomic E-state index is 1.10. The van der Waals surface area contributed by atoms with Gasteiger partial charge >= 0.3 is 0 Å². The highest BCUT2D eigenvalue weighted by Crippen LogP contribution is 2.47. The lowest BCUT2D eigenvalue weighted by Crippen LogP contribution is -2.11. The van der Waals surface area contributed by atoms with Gasteiger partial charge in [-0.25, -0.2) is 0 Å². The van der Waals surface area contributed by atoms with Gasteiger partial charge in [0.15, 0.2) is 0 Å². The van der Waals surface area contributed by atoms with Crippen LogP contribution in [-0.2, 0) is 0 Å². The van der Waals surface area contributed by atoms with Crippen LogP contribution in [0.15, 0.2) is 206 Å². The number of anilines is 3. The van der Waals surface area contributed by atoms with Crippen LogP contribution >= 0.6 is 0 Å². The van der Waals surface area contributed by atoms with Crippen LogP contribution < -0.4 is 4.90 Å². The molecule has 0 bridgehead atoms. The molecular formula is C56H34N2. The van der Waals surface area contributed by atoms with Crippen molar-refractivity contribution in [1.29, 1.82) is 0 Å². The summed E-state index contributed by atoms with van der Waals surface area (Å²) in [5.41, 5.74) is 6.85. The van der Waals surface area contributed by atoms with E-state index in [1.165, 1.54) is 97.2 Å². The van der Waals surface area contributed by atoms with Gasteiger partial charge in [-0.3, -0.25) is 0 Å². The van der Waals surface area contributed by atoms with Gasteiger partial charge in [0.25, 0.3) is 0 Å². The molecular weight excluding hydrogens is 701 g/mol. The van der Waals surface area contributed by atoms with Gasteiger partial charge in [-0.2, -0.15) is 0 Å². The first kappa shape index (κ1) is 31.5. The first-order valence-electron chi connectivity index (χ1n) is 20.1. The van der Waals surface area contributed by atoms with Crippen LogP contribution in [0.3, 0.4) is 0 Å². The second-order valence-electron chi connectivity index (χ2n) is 15.7. The third-order valence-electron chi connectivity index (χ3n) is 12.6. The van der Waals surface area contributed by atoms with Gasteiger partial charge in [-0.05, 0) is 130 Å². The van der Waals surface area contributed by atoms with Crippen molar-refractivity contribution in [3.8, 4) is 5.69 Å². The number of benzene rings is 11. The first-order chi connectivity index (χ1) is 28.8. The van der Waals surface area contributed by atoms with E-state index < -0.39 is 0 Å². The fourth-order valence-corrected chi connectivity index (χ4v) is 10.1. The molecule has 58 heavy (non-hydrogen) atoms. The molecule has 0 saturated heterocycles. The molecule has 2 heteroatoms. The Morgan fingerprint density at radius 1 is 0.259 bits per heavy atom. The van der Waals surface area contributed by atoms with Gasteiger partial charge in [-0.1, -0.05) is 152 Å². The summed E-state index contributed by atoms with van der Waals surface area (Å²) in [4.78, 5) is 2.46. The first-order valence-corrected chi connectivity index (χ1v) is 20.1. The maximum absolute atomic E-state index is 2.46. The SMILES string of the molecule is c1cc(N(c2ccc3ccccc3c2)c2cc3ccc4cccc5c6cccc7ccc8cccc(c(c2)c3c45)c8c76)cc(-n2c3ccccc3c3ccccc32)c1. The van der Waals surface area contributed by atoms with Gasteiger partial charge in [-0.15, -0.1) is 0 Å². The van der Waals surface area contributed by atoms with Crippen LogP contribution in [0.25, 0.3) is 103 Å². The lowest BCUT2D eigenvalue weighted by Gasteiger charge is -2.28. The predicted octanol–water partition coefficient (Wildman–Crippen LogP) is 15.8. The molecule has 0 aliphatic heterocycles. The Labute approximate surface area is 334 Å². The zero-order valence-electron chi connectivity index (χ0n) is 31.5. The van der Waals surface area contributed by atoms with Gasteiger partial charge in [0.1, 0.15) is 0 Å². The Morgan fingerprint density at radius 3 is 1.36 bits per heavy atom. The minimum Gasteiger partial charge on any atom is -0.310 e. The summed E-state index contributed by atoms with van der Waals surface area (Å²) in [6.45, 7) is 0. The molecule has 0 radical (unpaired) electrons. The highest BCUT2D eigenvalue weighted by Gasteiger charge is 2.21. The number of nitrogens with zero attached hydrogens (tertiary/aromatic N) is 2. The number of hydrogen-bond donors (Lipinski definition) is 0. The van der Waals surface area contributed by atoms with E-state index in [-0.39, 0.29) is 0 Å². The summed E-state index contributed by atoms with van der Waals surface area (Å²) < 4.78 is 2.41.